The van der Waals surface area contributed by atoms with E-state index < -0.39 is 35.5 Å². The van der Waals surface area contributed by atoms with Gasteiger partial charge in [0, 0.05) is 0 Å². The Hall–Kier alpha value is -2.88. The average molecular weight is 338 g/mol. The van der Waals surface area contributed by atoms with Crippen LogP contribution in [0.1, 0.15) is 20.7 Å². The summed E-state index contributed by atoms with van der Waals surface area (Å²) in [5.41, 5.74) is -0.750. The van der Waals surface area contributed by atoms with Gasteiger partial charge in [0.25, 0.3) is 5.24 Å². The highest BCUT2D eigenvalue weighted by molar-refractivity contribution is 8.14. The quantitative estimate of drug-likeness (QED) is 0.713. The van der Waals surface area contributed by atoms with Gasteiger partial charge in [0.05, 0.1) is 22.6 Å². The van der Waals surface area contributed by atoms with Crippen molar-refractivity contribution in [2.45, 2.75) is 0 Å². The molecule has 0 unspecified atom stereocenters. The summed E-state index contributed by atoms with van der Waals surface area (Å²) in [5, 5.41) is 19.6. The Labute approximate surface area is 133 Å². The molecule has 0 bridgehead atoms. The molecule has 0 aliphatic carbocycles. The third kappa shape index (κ3) is 3.66. The summed E-state index contributed by atoms with van der Waals surface area (Å²) in [4.78, 5) is 57.5. The van der Waals surface area contributed by atoms with E-state index in [4.69, 9.17) is 10.2 Å². The Morgan fingerprint density at radius 1 is 1.17 bits per heavy atom. The molecule has 120 valence electrons. The predicted octanol–water partition coefficient (Wildman–Crippen LogP) is 0.717. The maximum Gasteiger partial charge on any atom is 0.337 e. The Bertz CT molecular complexity index is 715. The van der Waals surface area contributed by atoms with Crippen molar-refractivity contribution >= 4 is 46.4 Å². The molecule has 1 fully saturated rings. The number of aromatic carboxylic acids is 2. The molecule has 23 heavy (non-hydrogen) atoms. The van der Waals surface area contributed by atoms with E-state index in [0.29, 0.717) is 0 Å². The summed E-state index contributed by atoms with van der Waals surface area (Å²) in [5.74, 6) is -4.03. The fourth-order valence-corrected chi connectivity index (χ4v) is 2.56. The molecule has 0 radical (unpaired) electrons. The average Bonchev–Trinajstić information content (AvgIpc) is 2.78. The number of nitrogens with one attached hydrogen (secondary N) is 1. The summed E-state index contributed by atoms with van der Waals surface area (Å²) in [7, 11) is 0. The van der Waals surface area contributed by atoms with E-state index in [2.05, 4.69) is 5.32 Å². The van der Waals surface area contributed by atoms with Gasteiger partial charge in [-0.2, -0.15) is 0 Å². The van der Waals surface area contributed by atoms with Gasteiger partial charge in [-0.25, -0.2) is 9.59 Å². The van der Waals surface area contributed by atoms with Crippen LogP contribution in [0.25, 0.3) is 0 Å². The van der Waals surface area contributed by atoms with E-state index in [1.807, 2.05) is 0 Å². The van der Waals surface area contributed by atoms with Crippen molar-refractivity contribution in [1.29, 1.82) is 0 Å². The van der Waals surface area contributed by atoms with Gasteiger partial charge in [0.15, 0.2) is 0 Å². The summed E-state index contributed by atoms with van der Waals surface area (Å²) >= 11 is 0.762. The molecular formula is C13H10N2O7S. The van der Waals surface area contributed by atoms with Crippen LogP contribution < -0.4 is 5.32 Å². The number of hydrogen-bond donors (Lipinski definition) is 3. The maximum atomic E-state index is 11.9. The van der Waals surface area contributed by atoms with Gasteiger partial charge in [-0.3, -0.25) is 19.3 Å². The van der Waals surface area contributed by atoms with Crippen molar-refractivity contribution in [2.75, 3.05) is 17.6 Å². The van der Waals surface area contributed by atoms with Crippen molar-refractivity contribution in [1.82, 2.24) is 4.90 Å². The minimum Gasteiger partial charge on any atom is -0.478 e. The van der Waals surface area contributed by atoms with Crippen molar-refractivity contribution < 1.29 is 34.2 Å². The molecule has 10 heteroatoms. The van der Waals surface area contributed by atoms with E-state index in [1.54, 1.807) is 0 Å². The smallest absolute Gasteiger partial charge is 0.337 e. The van der Waals surface area contributed by atoms with Crippen LogP contribution in [0.5, 0.6) is 0 Å². The number of carbonyl (C=O) groups is 5. The molecule has 1 saturated heterocycles. The van der Waals surface area contributed by atoms with Crippen LogP contribution in [-0.4, -0.2) is 56.4 Å². The highest BCUT2D eigenvalue weighted by atomic mass is 32.2. The number of thioether (sulfide) groups is 1. The van der Waals surface area contributed by atoms with E-state index in [9.17, 15) is 24.0 Å². The molecule has 1 aliphatic heterocycles. The molecule has 1 aliphatic rings. The van der Waals surface area contributed by atoms with Crippen molar-refractivity contribution in [3.63, 3.8) is 0 Å². The molecule has 1 aromatic carbocycles. The molecule has 3 amide bonds. The second kappa shape index (κ2) is 6.48. The van der Waals surface area contributed by atoms with Crippen LogP contribution >= 0.6 is 11.8 Å². The van der Waals surface area contributed by atoms with E-state index in [0.717, 1.165) is 34.9 Å². The second-order valence-electron chi connectivity index (χ2n) is 4.45. The molecule has 1 aromatic rings. The molecule has 2 rings (SSSR count). The number of anilines is 1. The molecule has 0 aromatic heterocycles. The SMILES string of the molecule is O=C(CN1C(=O)CSC1=O)Nc1cc(C(=O)O)ccc1C(=O)O. The number of carbonyl (C=O) groups excluding carboxylic acids is 3. The fourth-order valence-electron chi connectivity index (χ4n) is 1.83. The van der Waals surface area contributed by atoms with Crippen LogP contribution in [0.4, 0.5) is 10.5 Å². The minimum atomic E-state index is -1.36. The highest BCUT2D eigenvalue weighted by Gasteiger charge is 2.31. The van der Waals surface area contributed by atoms with Crippen LogP contribution in [0.15, 0.2) is 18.2 Å². The second-order valence-corrected chi connectivity index (χ2v) is 5.38. The lowest BCUT2D eigenvalue weighted by molar-refractivity contribution is -0.128. The van der Waals surface area contributed by atoms with Gasteiger partial charge in [0.2, 0.25) is 11.8 Å². The Kier molecular flexibility index (Phi) is 4.65. The molecule has 1 heterocycles. The maximum absolute atomic E-state index is 11.9. The molecule has 0 saturated carbocycles. The normalized spacial score (nSPS) is 14.0. The van der Waals surface area contributed by atoms with Crippen molar-refractivity contribution in [3.8, 4) is 0 Å². The summed E-state index contributed by atoms with van der Waals surface area (Å²) in [6, 6.07) is 3.13. The van der Waals surface area contributed by atoms with Crippen molar-refractivity contribution in [3.05, 3.63) is 29.3 Å². The highest BCUT2D eigenvalue weighted by Crippen LogP contribution is 2.20. The summed E-state index contributed by atoms with van der Waals surface area (Å²) < 4.78 is 0. The number of hydrogen-bond acceptors (Lipinski definition) is 6. The van der Waals surface area contributed by atoms with Gasteiger partial charge in [-0.15, -0.1) is 0 Å². The Morgan fingerprint density at radius 3 is 2.39 bits per heavy atom. The topological polar surface area (TPSA) is 141 Å². The first-order chi connectivity index (χ1) is 10.8. The molecular weight excluding hydrogens is 328 g/mol. The first-order valence-corrected chi connectivity index (χ1v) is 7.15. The largest absolute Gasteiger partial charge is 0.478 e. The molecule has 0 atom stereocenters. The third-order valence-corrected chi connectivity index (χ3v) is 3.77. The standard InChI is InChI=1S/C13H10N2O7S/c16-9(4-15-10(17)5-23-13(15)22)14-8-3-6(11(18)19)1-2-7(8)12(20)21/h1-3H,4-5H2,(H,14,16)(H,18,19)(H,20,21). The number of nitrogens with zero attached hydrogens (tertiary/aromatic N) is 1. The van der Waals surface area contributed by atoms with Crippen LogP contribution in [0, 0.1) is 0 Å². The third-order valence-electron chi connectivity index (χ3n) is 2.91. The number of imide groups is 1. The van der Waals surface area contributed by atoms with E-state index in [1.165, 1.54) is 0 Å². The van der Waals surface area contributed by atoms with Crippen LogP contribution in [-0.2, 0) is 9.59 Å². The van der Waals surface area contributed by atoms with Crippen molar-refractivity contribution in [2.24, 2.45) is 0 Å². The van der Waals surface area contributed by atoms with Gasteiger partial charge in [0.1, 0.15) is 6.54 Å². The zero-order valence-electron chi connectivity index (χ0n) is 11.4. The number of rotatable bonds is 5. The number of benzene rings is 1. The van der Waals surface area contributed by atoms with Gasteiger partial charge < -0.3 is 15.5 Å². The van der Waals surface area contributed by atoms with Gasteiger partial charge in [-0.05, 0) is 18.2 Å². The molecule has 3 N–H and O–H groups in total. The van der Waals surface area contributed by atoms with Crippen LogP contribution in [0.3, 0.4) is 0 Å². The molecule has 0 spiro atoms. The lowest BCUT2D eigenvalue weighted by atomic mass is 10.1. The fraction of sp³-hybridized carbons (Fsp3) is 0.154. The van der Waals surface area contributed by atoms with E-state index in [-0.39, 0.29) is 22.6 Å². The first-order valence-electron chi connectivity index (χ1n) is 6.17. The summed E-state index contributed by atoms with van der Waals surface area (Å²) in [6.07, 6.45) is 0. The van der Waals surface area contributed by atoms with Gasteiger partial charge >= 0.3 is 11.9 Å². The zero-order valence-corrected chi connectivity index (χ0v) is 12.3. The Balaban J connectivity index is 2.20. The summed E-state index contributed by atoms with van der Waals surface area (Å²) in [6.45, 7) is -0.568. The molecule has 9 nitrogen and oxygen atoms in total. The van der Waals surface area contributed by atoms with Crippen LogP contribution in [0.2, 0.25) is 0 Å². The zero-order chi connectivity index (χ0) is 17.1. The number of amides is 3. The Morgan fingerprint density at radius 2 is 1.87 bits per heavy atom. The predicted molar refractivity (Wildman–Crippen MR) is 78.6 cm³/mol. The van der Waals surface area contributed by atoms with Gasteiger partial charge in [-0.1, -0.05) is 11.8 Å². The minimum absolute atomic E-state index is 0.0546. The number of carboxylic acids is 2. The number of carboxylic acid groups (broad SMARTS) is 2. The monoisotopic (exact) mass is 338 g/mol. The lowest BCUT2D eigenvalue weighted by Crippen LogP contribution is -2.36. The lowest BCUT2D eigenvalue weighted by Gasteiger charge is -2.14. The first kappa shape index (κ1) is 16.5. The van der Waals surface area contributed by atoms with E-state index >= 15 is 0 Å².